The lowest BCUT2D eigenvalue weighted by atomic mass is 9.84. The van der Waals surface area contributed by atoms with Gasteiger partial charge in [-0.05, 0) is 35.4 Å². The minimum absolute atomic E-state index is 0.190. The fraction of sp³-hybridized carbons (Fsp3) is 0.261. The summed E-state index contributed by atoms with van der Waals surface area (Å²) < 4.78 is 7.34. The fourth-order valence-corrected chi connectivity index (χ4v) is 4.56. The van der Waals surface area contributed by atoms with Crippen LogP contribution in [0.5, 0.6) is 0 Å². The lowest BCUT2D eigenvalue weighted by Crippen LogP contribution is -2.47. The predicted molar refractivity (Wildman–Crippen MR) is 120 cm³/mol. The number of hydrogen-bond donors (Lipinski definition) is 2. The van der Waals surface area contributed by atoms with Crippen molar-refractivity contribution < 1.29 is 19.4 Å². The van der Waals surface area contributed by atoms with Gasteiger partial charge in [0.25, 0.3) is 5.91 Å². The third-order valence-electron chi connectivity index (χ3n) is 5.80. The van der Waals surface area contributed by atoms with E-state index in [0.29, 0.717) is 50.8 Å². The zero-order chi connectivity index (χ0) is 23.0. The van der Waals surface area contributed by atoms with Gasteiger partial charge in [-0.2, -0.15) is 5.26 Å². The highest BCUT2D eigenvalue weighted by Gasteiger charge is 2.40. The molecule has 7 nitrogen and oxygen atoms in total. The maximum atomic E-state index is 13.4. The van der Waals surface area contributed by atoms with E-state index in [9.17, 15) is 14.9 Å². The highest BCUT2D eigenvalue weighted by atomic mass is 35.5. The second-order valence-electron chi connectivity index (χ2n) is 7.78. The molecule has 1 amide bonds. The molecule has 1 aliphatic rings. The van der Waals surface area contributed by atoms with Crippen molar-refractivity contribution in [3.05, 3.63) is 68.8 Å². The molecule has 1 aromatic heterocycles. The quantitative estimate of drug-likeness (QED) is 0.584. The predicted octanol–water partition coefficient (Wildman–Crippen LogP) is 4.03. The summed E-state index contributed by atoms with van der Waals surface area (Å²) in [6.45, 7) is 0.612. The summed E-state index contributed by atoms with van der Waals surface area (Å²) in [6.07, 6.45) is 0.284. The van der Waals surface area contributed by atoms with Crippen molar-refractivity contribution in [1.29, 1.82) is 5.26 Å². The van der Waals surface area contributed by atoms with Gasteiger partial charge in [0.1, 0.15) is 5.69 Å². The summed E-state index contributed by atoms with van der Waals surface area (Å²) in [5.74, 6) is -1.33. The van der Waals surface area contributed by atoms with Gasteiger partial charge in [-0.3, -0.25) is 9.59 Å². The van der Waals surface area contributed by atoms with Crippen LogP contribution in [0, 0.1) is 11.3 Å². The number of carboxylic acid groups (broad SMARTS) is 1. The number of nitrogens with zero attached hydrogens (tertiary/aromatic N) is 2. The molecule has 0 spiro atoms. The van der Waals surface area contributed by atoms with Crippen molar-refractivity contribution in [2.45, 2.75) is 18.4 Å². The number of hydrogen-bond acceptors (Lipinski definition) is 4. The number of fused-ring (bicyclic) bond motifs is 1. The smallest absolute Gasteiger partial charge is 0.307 e. The van der Waals surface area contributed by atoms with E-state index in [-0.39, 0.29) is 18.9 Å². The number of aromatic nitrogens is 1. The van der Waals surface area contributed by atoms with Crippen molar-refractivity contribution >= 4 is 46.0 Å². The Kier molecular flexibility index (Phi) is 5.87. The molecule has 1 fully saturated rings. The van der Waals surface area contributed by atoms with Crippen LogP contribution in [0.2, 0.25) is 10.0 Å². The second-order valence-corrected chi connectivity index (χ2v) is 8.57. The van der Waals surface area contributed by atoms with Gasteiger partial charge >= 0.3 is 5.97 Å². The summed E-state index contributed by atoms with van der Waals surface area (Å²) in [7, 11) is 1.76. The van der Waals surface area contributed by atoms with E-state index >= 15 is 0 Å². The Labute approximate surface area is 194 Å². The first-order chi connectivity index (χ1) is 15.3. The molecule has 2 heterocycles. The number of rotatable bonds is 5. The first-order valence-corrected chi connectivity index (χ1v) is 10.6. The average Bonchev–Trinajstić information content (AvgIpc) is 3.36. The Hall–Kier alpha value is -3.05. The average molecular weight is 472 g/mol. The number of benzene rings is 2. The molecule has 0 bridgehead atoms. The van der Waals surface area contributed by atoms with Crippen LogP contribution in [0.25, 0.3) is 10.9 Å². The zero-order valence-corrected chi connectivity index (χ0v) is 18.6. The maximum absolute atomic E-state index is 13.4. The van der Waals surface area contributed by atoms with Gasteiger partial charge in [-0.15, -0.1) is 0 Å². The van der Waals surface area contributed by atoms with Crippen molar-refractivity contribution in [3.63, 3.8) is 0 Å². The minimum atomic E-state index is -0.983. The summed E-state index contributed by atoms with van der Waals surface area (Å²) in [6, 6.07) is 12.2. The zero-order valence-electron chi connectivity index (χ0n) is 17.1. The maximum Gasteiger partial charge on any atom is 0.307 e. The SMILES string of the molecule is Cn1c(C(=O)NC2(c3ccc(CC(=O)O)cc3C#N)CCOC2)cc2c(Cl)c(Cl)ccc21. The van der Waals surface area contributed by atoms with Crippen LogP contribution in [-0.2, 0) is 28.5 Å². The third kappa shape index (κ3) is 3.82. The number of amides is 1. The van der Waals surface area contributed by atoms with Gasteiger partial charge in [0.2, 0.25) is 0 Å². The Morgan fingerprint density at radius 1 is 1.28 bits per heavy atom. The van der Waals surface area contributed by atoms with Crippen LogP contribution >= 0.6 is 23.2 Å². The molecule has 2 aromatic carbocycles. The number of nitrogens with one attached hydrogen (secondary N) is 1. The number of ether oxygens (including phenoxy) is 1. The number of carbonyl (C=O) groups excluding carboxylic acids is 1. The second kappa shape index (κ2) is 8.47. The van der Waals surface area contributed by atoms with Crippen molar-refractivity contribution in [1.82, 2.24) is 9.88 Å². The van der Waals surface area contributed by atoms with E-state index < -0.39 is 11.5 Å². The number of carbonyl (C=O) groups is 2. The molecular formula is C23H19Cl2N3O4. The highest BCUT2D eigenvalue weighted by molar-refractivity contribution is 6.45. The molecule has 1 saturated heterocycles. The summed E-state index contributed by atoms with van der Waals surface area (Å²) >= 11 is 12.4. The van der Waals surface area contributed by atoms with E-state index in [4.69, 9.17) is 33.0 Å². The molecule has 3 aromatic rings. The van der Waals surface area contributed by atoms with Crippen molar-refractivity contribution in [3.8, 4) is 6.07 Å². The van der Waals surface area contributed by atoms with Gasteiger partial charge in [0.05, 0.1) is 40.2 Å². The van der Waals surface area contributed by atoms with Gasteiger partial charge in [0, 0.05) is 31.0 Å². The number of halogens is 2. The van der Waals surface area contributed by atoms with Crippen LogP contribution in [-0.4, -0.2) is 34.8 Å². The Morgan fingerprint density at radius 2 is 2.06 bits per heavy atom. The lowest BCUT2D eigenvalue weighted by Gasteiger charge is -2.30. The molecule has 2 N–H and O–H groups in total. The largest absolute Gasteiger partial charge is 0.481 e. The van der Waals surface area contributed by atoms with Crippen LogP contribution in [0.4, 0.5) is 0 Å². The van der Waals surface area contributed by atoms with E-state index in [1.54, 1.807) is 48.0 Å². The van der Waals surface area contributed by atoms with E-state index in [0.717, 1.165) is 5.52 Å². The van der Waals surface area contributed by atoms with Crippen LogP contribution < -0.4 is 5.32 Å². The van der Waals surface area contributed by atoms with E-state index in [2.05, 4.69) is 11.4 Å². The van der Waals surface area contributed by atoms with Gasteiger partial charge in [0.15, 0.2) is 0 Å². The molecule has 4 rings (SSSR count). The van der Waals surface area contributed by atoms with Crippen LogP contribution in [0.3, 0.4) is 0 Å². The first-order valence-electron chi connectivity index (χ1n) is 9.85. The topological polar surface area (TPSA) is 104 Å². The molecule has 32 heavy (non-hydrogen) atoms. The standard InChI is InChI=1S/C23H19Cl2N3O4/c1-28-18-5-4-17(24)21(25)15(18)10-19(28)22(31)27-23(6-7-32-12-23)16-3-2-13(9-20(29)30)8-14(16)11-26/h2-5,8,10H,6-7,9,12H2,1H3,(H,27,31)(H,29,30). The molecule has 1 atom stereocenters. The van der Waals surface area contributed by atoms with Crippen LogP contribution in [0.1, 0.15) is 33.6 Å². The van der Waals surface area contributed by atoms with Gasteiger partial charge < -0.3 is 19.7 Å². The number of aliphatic carboxylic acids is 1. The fourth-order valence-electron chi connectivity index (χ4n) is 4.18. The third-order valence-corrected chi connectivity index (χ3v) is 6.61. The molecule has 0 saturated carbocycles. The normalized spacial score (nSPS) is 17.9. The Morgan fingerprint density at radius 3 is 2.72 bits per heavy atom. The summed E-state index contributed by atoms with van der Waals surface area (Å²) in [4.78, 5) is 24.4. The minimum Gasteiger partial charge on any atom is -0.481 e. The van der Waals surface area contributed by atoms with Crippen LogP contribution in [0.15, 0.2) is 36.4 Å². The molecule has 164 valence electrons. The molecule has 1 aliphatic heterocycles. The summed E-state index contributed by atoms with van der Waals surface area (Å²) in [5.41, 5.74) is 1.65. The van der Waals surface area contributed by atoms with Gasteiger partial charge in [-0.1, -0.05) is 35.3 Å². The number of nitriles is 1. The Balaban J connectivity index is 1.73. The van der Waals surface area contributed by atoms with E-state index in [1.807, 2.05) is 0 Å². The molecule has 1 unspecified atom stereocenters. The molecule has 0 radical (unpaired) electrons. The first kappa shape index (κ1) is 22.2. The molecule has 0 aliphatic carbocycles. The molecule has 9 heteroatoms. The monoisotopic (exact) mass is 471 g/mol. The molecular weight excluding hydrogens is 453 g/mol. The van der Waals surface area contributed by atoms with Crippen molar-refractivity contribution in [2.24, 2.45) is 7.05 Å². The van der Waals surface area contributed by atoms with E-state index in [1.165, 1.54) is 0 Å². The van der Waals surface area contributed by atoms with Crippen molar-refractivity contribution in [2.75, 3.05) is 13.2 Å². The number of carboxylic acids is 1. The van der Waals surface area contributed by atoms with Gasteiger partial charge in [-0.25, -0.2) is 0 Å². The highest BCUT2D eigenvalue weighted by Crippen LogP contribution is 2.35. The lowest BCUT2D eigenvalue weighted by molar-refractivity contribution is -0.136. The summed E-state index contributed by atoms with van der Waals surface area (Å²) in [5, 5.41) is 23.3. The number of aryl methyl sites for hydroxylation is 1. The Bertz CT molecular complexity index is 1290.